The minimum absolute atomic E-state index is 0.0473. The summed E-state index contributed by atoms with van der Waals surface area (Å²) in [4.78, 5) is 10.9. The van der Waals surface area contributed by atoms with Gasteiger partial charge >= 0.3 is 5.97 Å². The molecule has 0 spiro atoms. The Morgan fingerprint density at radius 3 is 2.58 bits per heavy atom. The van der Waals surface area contributed by atoms with Crippen molar-refractivity contribution in [3.63, 3.8) is 0 Å². The molecule has 1 N–H and O–H groups in total. The van der Waals surface area contributed by atoms with Crippen molar-refractivity contribution in [2.45, 2.75) is 44.6 Å². The van der Waals surface area contributed by atoms with Gasteiger partial charge in [0.05, 0.1) is 13.5 Å². The van der Waals surface area contributed by atoms with Crippen LogP contribution in [0.3, 0.4) is 0 Å². The van der Waals surface area contributed by atoms with E-state index in [1.54, 1.807) is 7.11 Å². The Hall–Kier alpha value is -1.71. The highest BCUT2D eigenvalue weighted by molar-refractivity contribution is 5.68. The molecule has 0 amide bonds. The van der Waals surface area contributed by atoms with Crippen LogP contribution in [0.1, 0.15) is 38.2 Å². The maximum atomic E-state index is 10.9. The van der Waals surface area contributed by atoms with E-state index >= 15 is 0 Å². The first kappa shape index (κ1) is 13.7. The van der Waals surface area contributed by atoms with Gasteiger partial charge in [0, 0.05) is 0 Å². The number of hydrogen-bond acceptors (Lipinski definition) is 3. The first-order valence-electron chi connectivity index (χ1n) is 6.66. The number of rotatable bonds is 6. The number of ether oxygens (including phenoxy) is 2. The second kappa shape index (κ2) is 5.51. The molecule has 1 saturated carbocycles. The lowest BCUT2D eigenvalue weighted by Crippen LogP contribution is -2.45. The molecule has 0 unspecified atom stereocenters. The van der Waals surface area contributed by atoms with Crippen molar-refractivity contribution >= 4 is 5.97 Å². The van der Waals surface area contributed by atoms with Gasteiger partial charge in [0.1, 0.15) is 5.60 Å². The van der Waals surface area contributed by atoms with Crippen LogP contribution in [0.4, 0.5) is 0 Å². The lowest BCUT2D eigenvalue weighted by atomic mass is 9.77. The minimum atomic E-state index is -0.816. The minimum Gasteiger partial charge on any atom is -0.493 e. The summed E-state index contributed by atoms with van der Waals surface area (Å²) in [6, 6.07) is 5.81. The molecule has 0 bridgehead atoms. The predicted molar refractivity (Wildman–Crippen MR) is 71.8 cm³/mol. The zero-order valence-electron chi connectivity index (χ0n) is 11.4. The van der Waals surface area contributed by atoms with Crippen LogP contribution in [-0.4, -0.2) is 23.8 Å². The number of carbonyl (C=O) groups is 1. The predicted octanol–water partition coefficient (Wildman–Crippen LogP) is 3.03. The molecular weight excluding hydrogens is 244 g/mol. The molecule has 0 saturated heterocycles. The number of benzene rings is 1. The Balaban J connectivity index is 2.19. The first-order valence-corrected chi connectivity index (χ1v) is 6.66. The molecule has 1 aromatic carbocycles. The molecule has 1 fully saturated rings. The summed E-state index contributed by atoms with van der Waals surface area (Å²) in [6.45, 7) is 2.08. The van der Waals surface area contributed by atoms with E-state index in [1.807, 2.05) is 18.2 Å². The van der Waals surface area contributed by atoms with Gasteiger partial charge in [-0.1, -0.05) is 13.0 Å². The Morgan fingerprint density at radius 2 is 2.11 bits per heavy atom. The second-order valence-electron chi connectivity index (χ2n) is 5.05. The molecule has 0 atom stereocenters. The topological polar surface area (TPSA) is 55.8 Å². The summed E-state index contributed by atoms with van der Waals surface area (Å²) >= 11 is 0. The standard InChI is InChI=1S/C15H20O4/c1-3-11-5-6-12(13(9-11)18-2)19-15(7-4-8-15)10-14(16)17/h5-6,9H,3-4,7-8,10H2,1-2H3,(H,16,17). The van der Waals surface area contributed by atoms with Crippen molar-refractivity contribution in [2.24, 2.45) is 0 Å². The summed E-state index contributed by atoms with van der Waals surface area (Å²) in [6.07, 6.45) is 3.57. The van der Waals surface area contributed by atoms with E-state index in [0.717, 1.165) is 25.7 Å². The van der Waals surface area contributed by atoms with Crippen molar-refractivity contribution in [3.8, 4) is 11.5 Å². The maximum Gasteiger partial charge on any atom is 0.307 e. The Morgan fingerprint density at radius 1 is 1.37 bits per heavy atom. The average Bonchev–Trinajstić information content (AvgIpc) is 2.36. The molecule has 0 radical (unpaired) electrons. The van der Waals surface area contributed by atoms with Crippen LogP contribution in [0.2, 0.25) is 0 Å². The molecule has 1 aliphatic rings. The van der Waals surface area contributed by atoms with Crippen molar-refractivity contribution in [1.82, 2.24) is 0 Å². The van der Waals surface area contributed by atoms with Crippen molar-refractivity contribution in [3.05, 3.63) is 23.8 Å². The fourth-order valence-electron chi connectivity index (χ4n) is 2.41. The Labute approximate surface area is 113 Å². The number of carboxylic acid groups (broad SMARTS) is 1. The third kappa shape index (κ3) is 3.00. The monoisotopic (exact) mass is 264 g/mol. The first-order chi connectivity index (χ1) is 9.08. The molecular formula is C15H20O4. The molecule has 2 rings (SSSR count). The maximum absolute atomic E-state index is 10.9. The van der Waals surface area contributed by atoms with Gasteiger partial charge in [-0.15, -0.1) is 0 Å². The third-order valence-electron chi connectivity index (χ3n) is 3.70. The van der Waals surface area contributed by atoms with Crippen LogP contribution >= 0.6 is 0 Å². The van der Waals surface area contributed by atoms with Gasteiger partial charge in [-0.25, -0.2) is 0 Å². The number of aryl methyl sites for hydroxylation is 1. The Kier molecular flexibility index (Phi) is 3.98. The second-order valence-corrected chi connectivity index (χ2v) is 5.05. The van der Waals surface area contributed by atoms with Gasteiger partial charge < -0.3 is 14.6 Å². The third-order valence-corrected chi connectivity index (χ3v) is 3.70. The van der Waals surface area contributed by atoms with E-state index in [4.69, 9.17) is 14.6 Å². The van der Waals surface area contributed by atoms with Crippen LogP contribution in [0, 0.1) is 0 Å². The Bertz CT molecular complexity index is 463. The lowest BCUT2D eigenvalue weighted by Gasteiger charge is -2.41. The summed E-state index contributed by atoms with van der Waals surface area (Å²) in [5.41, 5.74) is 0.623. The van der Waals surface area contributed by atoms with Crippen LogP contribution < -0.4 is 9.47 Å². The highest BCUT2D eigenvalue weighted by Crippen LogP contribution is 2.42. The summed E-state index contributed by atoms with van der Waals surface area (Å²) in [5, 5.41) is 8.99. The molecule has 0 aliphatic heterocycles. The van der Waals surface area contributed by atoms with E-state index in [-0.39, 0.29) is 6.42 Å². The molecule has 0 heterocycles. The normalized spacial score (nSPS) is 16.5. The zero-order valence-corrected chi connectivity index (χ0v) is 11.4. The fourth-order valence-corrected chi connectivity index (χ4v) is 2.41. The molecule has 4 nitrogen and oxygen atoms in total. The number of methoxy groups -OCH3 is 1. The van der Waals surface area contributed by atoms with Gasteiger partial charge in [-0.2, -0.15) is 0 Å². The smallest absolute Gasteiger partial charge is 0.307 e. The number of carboxylic acids is 1. The summed E-state index contributed by atoms with van der Waals surface area (Å²) < 4.78 is 11.3. The molecule has 1 aromatic rings. The summed E-state index contributed by atoms with van der Waals surface area (Å²) in [7, 11) is 1.60. The SMILES string of the molecule is CCc1ccc(OC2(CC(=O)O)CCC2)c(OC)c1. The van der Waals surface area contributed by atoms with Crippen LogP contribution in [0.5, 0.6) is 11.5 Å². The van der Waals surface area contributed by atoms with Crippen molar-refractivity contribution in [1.29, 1.82) is 0 Å². The van der Waals surface area contributed by atoms with E-state index in [0.29, 0.717) is 11.5 Å². The molecule has 4 heteroatoms. The zero-order chi connectivity index (χ0) is 13.9. The number of aliphatic carboxylic acids is 1. The van der Waals surface area contributed by atoms with Gasteiger partial charge in [0.15, 0.2) is 11.5 Å². The van der Waals surface area contributed by atoms with E-state index in [1.165, 1.54) is 5.56 Å². The molecule has 19 heavy (non-hydrogen) atoms. The molecule has 104 valence electrons. The molecule has 0 aromatic heterocycles. The molecule has 1 aliphatic carbocycles. The van der Waals surface area contributed by atoms with E-state index in [2.05, 4.69) is 6.92 Å². The average molecular weight is 264 g/mol. The van der Waals surface area contributed by atoms with Crippen molar-refractivity contribution in [2.75, 3.05) is 7.11 Å². The van der Waals surface area contributed by atoms with Crippen LogP contribution in [0.15, 0.2) is 18.2 Å². The highest BCUT2D eigenvalue weighted by Gasteiger charge is 2.42. The quantitative estimate of drug-likeness (QED) is 0.858. The van der Waals surface area contributed by atoms with Gasteiger partial charge in [-0.3, -0.25) is 4.79 Å². The largest absolute Gasteiger partial charge is 0.493 e. The number of hydrogen-bond donors (Lipinski definition) is 1. The highest BCUT2D eigenvalue weighted by atomic mass is 16.5. The van der Waals surface area contributed by atoms with E-state index < -0.39 is 11.6 Å². The fraction of sp³-hybridized carbons (Fsp3) is 0.533. The lowest BCUT2D eigenvalue weighted by molar-refractivity contribution is -0.144. The summed E-state index contributed by atoms with van der Waals surface area (Å²) in [5.74, 6) is 0.500. The van der Waals surface area contributed by atoms with Crippen molar-refractivity contribution < 1.29 is 19.4 Å². The van der Waals surface area contributed by atoms with Crippen LogP contribution in [-0.2, 0) is 11.2 Å². The van der Waals surface area contributed by atoms with Gasteiger partial charge in [0.25, 0.3) is 0 Å². The van der Waals surface area contributed by atoms with Crippen LogP contribution in [0.25, 0.3) is 0 Å². The van der Waals surface area contributed by atoms with Gasteiger partial charge in [-0.05, 0) is 43.4 Å². The van der Waals surface area contributed by atoms with E-state index in [9.17, 15) is 4.79 Å². The van der Waals surface area contributed by atoms with Gasteiger partial charge in [0.2, 0.25) is 0 Å².